The molecule has 0 heterocycles. The van der Waals surface area contributed by atoms with E-state index in [0.29, 0.717) is 0 Å². The van der Waals surface area contributed by atoms with Gasteiger partial charge >= 0.3 is 0 Å². The van der Waals surface area contributed by atoms with E-state index in [1.807, 2.05) is 41.2 Å². The Morgan fingerprint density at radius 1 is 1.30 bits per heavy atom. The smallest absolute Gasteiger partial charge is 0.192 e. The SMILES string of the molecule is C=C[C@@](C)(/C=C/c1ccc(OI)cc1)CCC=C(C)C. The molecule has 0 saturated carbocycles. The second kappa shape index (κ2) is 8.30. The Labute approximate surface area is 137 Å². The van der Waals surface area contributed by atoms with Gasteiger partial charge in [0, 0.05) is 5.41 Å². The molecule has 0 aliphatic carbocycles. The predicted molar refractivity (Wildman–Crippen MR) is 97.1 cm³/mol. The summed E-state index contributed by atoms with van der Waals surface area (Å²) in [5, 5.41) is 0. The van der Waals surface area contributed by atoms with Gasteiger partial charge in [0.15, 0.2) is 23.0 Å². The molecule has 0 aliphatic rings. The van der Waals surface area contributed by atoms with E-state index in [-0.39, 0.29) is 5.41 Å². The Balaban J connectivity index is 2.72. The van der Waals surface area contributed by atoms with Gasteiger partial charge in [-0.05, 0) is 44.4 Å². The second-order valence-electron chi connectivity index (χ2n) is 5.51. The molecule has 0 radical (unpaired) electrons. The quantitative estimate of drug-likeness (QED) is 0.393. The number of benzene rings is 1. The molecule has 1 nitrogen and oxygen atoms in total. The Bertz CT molecular complexity index is 481. The Kier molecular flexibility index (Phi) is 7.06. The van der Waals surface area contributed by atoms with E-state index in [4.69, 9.17) is 3.07 Å². The van der Waals surface area contributed by atoms with Crippen LogP contribution in [0.2, 0.25) is 0 Å². The first-order valence-corrected chi connectivity index (χ1v) is 7.72. The summed E-state index contributed by atoms with van der Waals surface area (Å²) in [4.78, 5) is 0. The van der Waals surface area contributed by atoms with Crippen molar-refractivity contribution in [3.8, 4) is 5.75 Å². The maximum atomic E-state index is 5.13. The van der Waals surface area contributed by atoms with Crippen LogP contribution in [0.15, 0.2) is 54.6 Å². The molecular formula is C18H23IO. The zero-order chi connectivity index (χ0) is 15.0. The highest BCUT2D eigenvalue weighted by molar-refractivity contribution is 14.1. The van der Waals surface area contributed by atoms with Gasteiger partial charge in [-0.15, -0.1) is 6.58 Å². The summed E-state index contributed by atoms with van der Waals surface area (Å²) < 4.78 is 5.13. The molecule has 0 amide bonds. The third kappa shape index (κ3) is 5.95. The van der Waals surface area contributed by atoms with Crippen LogP contribution in [0.4, 0.5) is 0 Å². The van der Waals surface area contributed by atoms with Crippen LogP contribution in [0.5, 0.6) is 5.75 Å². The van der Waals surface area contributed by atoms with E-state index >= 15 is 0 Å². The molecule has 20 heavy (non-hydrogen) atoms. The van der Waals surface area contributed by atoms with Crippen LogP contribution in [0.3, 0.4) is 0 Å². The third-order valence-corrected chi connectivity index (χ3v) is 3.84. The van der Waals surface area contributed by atoms with Crippen LogP contribution in [-0.4, -0.2) is 0 Å². The first-order chi connectivity index (χ1) is 9.49. The van der Waals surface area contributed by atoms with Crippen molar-refractivity contribution >= 4 is 29.1 Å². The van der Waals surface area contributed by atoms with Gasteiger partial charge in [0.1, 0.15) is 5.75 Å². The van der Waals surface area contributed by atoms with E-state index in [0.717, 1.165) is 18.6 Å². The largest absolute Gasteiger partial charge is 0.428 e. The summed E-state index contributed by atoms with van der Waals surface area (Å²) in [5.74, 6) is 0.873. The number of allylic oxidation sites excluding steroid dienone is 4. The van der Waals surface area contributed by atoms with Gasteiger partial charge in [-0.2, -0.15) is 0 Å². The minimum Gasteiger partial charge on any atom is -0.428 e. The second-order valence-corrected chi connectivity index (χ2v) is 5.95. The number of rotatable bonds is 7. The van der Waals surface area contributed by atoms with Crippen molar-refractivity contribution in [1.82, 2.24) is 0 Å². The summed E-state index contributed by atoms with van der Waals surface area (Å²) in [7, 11) is 0. The maximum Gasteiger partial charge on any atom is 0.192 e. The van der Waals surface area contributed by atoms with Crippen LogP contribution in [0.25, 0.3) is 6.08 Å². The molecule has 0 spiro atoms. The van der Waals surface area contributed by atoms with Gasteiger partial charge in [0.2, 0.25) is 0 Å². The van der Waals surface area contributed by atoms with Gasteiger partial charge in [-0.1, -0.05) is 48.9 Å². The maximum absolute atomic E-state index is 5.13. The molecule has 0 N–H and O–H groups in total. The van der Waals surface area contributed by atoms with E-state index in [2.05, 4.69) is 57.7 Å². The molecule has 1 aromatic rings. The fourth-order valence-electron chi connectivity index (χ4n) is 1.84. The molecule has 1 atom stereocenters. The standard InChI is InChI=1S/C18H23IO/c1-5-18(4,13-6-7-15(2)3)14-12-16-8-10-17(20-19)11-9-16/h5,7-12,14H,1,6,13H2,2-4H3/b14-12+/t18-/m1/s1. The fourth-order valence-corrected chi connectivity index (χ4v) is 2.14. The van der Waals surface area contributed by atoms with Crippen molar-refractivity contribution < 1.29 is 3.07 Å². The van der Waals surface area contributed by atoms with E-state index in [9.17, 15) is 0 Å². The van der Waals surface area contributed by atoms with Crippen molar-refractivity contribution in [3.63, 3.8) is 0 Å². The molecule has 0 saturated heterocycles. The molecule has 2 heteroatoms. The zero-order valence-corrected chi connectivity index (χ0v) is 14.7. The lowest BCUT2D eigenvalue weighted by Crippen LogP contribution is -2.08. The van der Waals surface area contributed by atoms with E-state index < -0.39 is 0 Å². The number of halogens is 1. The van der Waals surface area contributed by atoms with Crippen molar-refractivity contribution in [1.29, 1.82) is 0 Å². The molecule has 1 aromatic carbocycles. The van der Waals surface area contributed by atoms with Crippen LogP contribution >= 0.6 is 23.0 Å². The molecule has 0 aliphatic heterocycles. The van der Waals surface area contributed by atoms with Crippen molar-refractivity contribution in [2.45, 2.75) is 33.6 Å². The van der Waals surface area contributed by atoms with Gasteiger partial charge in [-0.25, -0.2) is 0 Å². The Morgan fingerprint density at radius 3 is 2.45 bits per heavy atom. The zero-order valence-electron chi connectivity index (χ0n) is 12.5. The highest BCUT2D eigenvalue weighted by Gasteiger charge is 2.14. The molecule has 0 unspecified atom stereocenters. The van der Waals surface area contributed by atoms with E-state index in [1.54, 1.807) is 0 Å². The molecule has 0 fully saturated rings. The normalized spacial score (nSPS) is 13.8. The monoisotopic (exact) mass is 382 g/mol. The van der Waals surface area contributed by atoms with Crippen molar-refractivity contribution in [2.24, 2.45) is 5.41 Å². The van der Waals surface area contributed by atoms with Crippen LogP contribution < -0.4 is 3.07 Å². The lowest BCUT2D eigenvalue weighted by Gasteiger charge is -2.20. The minimum absolute atomic E-state index is 0.0321. The molecule has 0 aromatic heterocycles. The predicted octanol–water partition coefficient (Wildman–Crippen LogP) is 6.37. The molecule has 108 valence electrons. The summed E-state index contributed by atoms with van der Waals surface area (Å²) in [6.07, 6.45) is 10.9. The summed E-state index contributed by atoms with van der Waals surface area (Å²) in [6, 6.07) is 8.06. The summed E-state index contributed by atoms with van der Waals surface area (Å²) >= 11 is 1.89. The van der Waals surface area contributed by atoms with Crippen molar-refractivity contribution in [2.75, 3.05) is 0 Å². The first-order valence-electron chi connectivity index (χ1n) is 6.84. The first kappa shape index (κ1) is 17.0. The summed E-state index contributed by atoms with van der Waals surface area (Å²) in [6.45, 7) is 10.5. The Morgan fingerprint density at radius 2 is 1.95 bits per heavy atom. The lowest BCUT2D eigenvalue weighted by atomic mass is 9.84. The molecule has 0 bridgehead atoms. The van der Waals surface area contributed by atoms with Gasteiger partial charge < -0.3 is 3.07 Å². The lowest BCUT2D eigenvalue weighted by molar-refractivity contribution is 0.508. The molecule has 1 rings (SSSR count). The average Bonchev–Trinajstić information content (AvgIpc) is 2.45. The minimum atomic E-state index is 0.0321. The fraction of sp³-hybridized carbons (Fsp3) is 0.333. The van der Waals surface area contributed by atoms with Gasteiger partial charge in [-0.3, -0.25) is 0 Å². The highest BCUT2D eigenvalue weighted by atomic mass is 127. The van der Waals surface area contributed by atoms with Gasteiger partial charge in [0.25, 0.3) is 0 Å². The van der Waals surface area contributed by atoms with E-state index in [1.165, 1.54) is 11.1 Å². The third-order valence-electron chi connectivity index (χ3n) is 3.33. The van der Waals surface area contributed by atoms with Crippen molar-refractivity contribution in [3.05, 3.63) is 60.2 Å². The number of hydrogen-bond acceptors (Lipinski definition) is 1. The number of hydrogen-bond donors (Lipinski definition) is 0. The van der Waals surface area contributed by atoms with Crippen LogP contribution in [0.1, 0.15) is 39.2 Å². The average molecular weight is 382 g/mol. The topological polar surface area (TPSA) is 9.23 Å². The van der Waals surface area contributed by atoms with Crippen LogP contribution in [0, 0.1) is 5.41 Å². The summed E-state index contributed by atoms with van der Waals surface area (Å²) in [5.41, 5.74) is 2.58. The highest BCUT2D eigenvalue weighted by Crippen LogP contribution is 2.28. The van der Waals surface area contributed by atoms with Gasteiger partial charge in [0.05, 0.1) is 0 Å². The molecular weight excluding hydrogens is 359 g/mol. The van der Waals surface area contributed by atoms with Crippen LogP contribution in [-0.2, 0) is 0 Å². The Hall–Kier alpha value is -1.03.